The van der Waals surface area contributed by atoms with Crippen molar-refractivity contribution in [3.8, 4) is 0 Å². The molecule has 0 aromatic rings. The molecule has 2 rings (SSSR count). The number of carbonyl (C=O) groups excluding carboxylic acids is 1. The molecule has 0 aromatic carbocycles. The van der Waals surface area contributed by atoms with Crippen molar-refractivity contribution in [2.24, 2.45) is 17.3 Å². The molecule has 2 fully saturated rings. The van der Waals surface area contributed by atoms with Gasteiger partial charge in [-0.15, -0.1) is 0 Å². The van der Waals surface area contributed by atoms with Gasteiger partial charge in [0.1, 0.15) is 5.60 Å². The molecule has 4 nitrogen and oxygen atoms in total. The molecule has 1 saturated carbocycles. The van der Waals surface area contributed by atoms with Gasteiger partial charge in [0.15, 0.2) is 0 Å². The van der Waals surface area contributed by atoms with Crippen LogP contribution in [-0.4, -0.2) is 22.6 Å². The number of carboxylic acid groups (broad SMARTS) is 1. The van der Waals surface area contributed by atoms with E-state index < -0.39 is 23.4 Å². The van der Waals surface area contributed by atoms with Crippen LogP contribution in [-0.2, 0) is 14.3 Å². The van der Waals surface area contributed by atoms with Gasteiger partial charge in [0.05, 0.1) is 11.8 Å². The summed E-state index contributed by atoms with van der Waals surface area (Å²) in [5, 5.41) is 9.08. The molecule has 1 N–H and O–H groups in total. The number of carbonyl (C=O) groups is 2. The lowest BCUT2D eigenvalue weighted by atomic mass is 9.58. The van der Waals surface area contributed by atoms with Gasteiger partial charge in [0.25, 0.3) is 0 Å². The summed E-state index contributed by atoms with van der Waals surface area (Å²) >= 11 is 0. The van der Waals surface area contributed by atoms with Crippen LogP contribution in [0.15, 0.2) is 0 Å². The SMILES string of the molecule is CC1(C)[C@H]2C(=O)O[C@]1(C)CC[C@@H]2C(=O)O. The standard InChI is InChI=1S/C11H16O4/c1-10(2)7-6(8(12)13)4-5-11(10,3)15-9(7)14/h6-7H,4-5H2,1-3H3,(H,12,13)/t6-,7+,11+/m0/s1. The smallest absolute Gasteiger partial charge is 0.311 e. The monoisotopic (exact) mass is 212 g/mol. The molecule has 0 spiro atoms. The number of esters is 1. The average molecular weight is 212 g/mol. The highest BCUT2D eigenvalue weighted by molar-refractivity contribution is 5.84. The fourth-order valence-corrected chi connectivity index (χ4v) is 2.94. The lowest BCUT2D eigenvalue weighted by molar-refractivity contribution is -0.152. The van der Waals surface area contributed by atoms with Crippen molar-refractivity contribution in [2.75, 3.05) is 0 Å². The summed E-state index contributed by atoms with van der Waals surface area (Å²) in [7, 11) is 0. The molecule has 2 bridgehead atoms. The van der Waals surface area contributed by atoms with E-state index in [9.17, 15) is 9.59 Å². The van der Waals surface area contributed by atoms with Crippen molar-refractivity contribution < 1.29 is 19.4 Å². The number of hydrogen-bond donors (Lipinski definition) is 1. The summed E-state index contributed by atoms with van der Waals surface area (Å²) in [6.45, 7) is 5.76. The van der Waals surface area contributed by atoms with Crippen LogP contribution >= 0.6 is 0 Å². The van der Waals surface area contributed by atoms with Gasteiger partial charge in [-0.1, -0.05) is 13.8 Å². The minimum absolute atomic E-state index is 0.340. The van der Waals surface area contributed by atoms with Gasteiger partial charge < -0.3 is 9.84 Å². The molecular formula is C11H16O4. The highest BCUT2D eigenvalue weighted by Crippen LogP contribution is 2.57. The van der Waals surface area contributed by atoms with Crippen molar-refractivity contribution in [1.29, 1.82) is 0 Å². The predicted molar refractivity (Wildman–Crippen MR) is 52.1 cm³/mol. The third kappa shape index (κ3) is 1.13. The van der Waals surface area contributed by atoms with E-state index in [0.717, 1.165) is 0 Å². The molecule has 2 aliphatic rings. The summed E-state index contributed by atoms with van der Waals surface area (Å²) in [5.74, 6) is -2.29. The molecule has 0 unspecified atom stereocenters. The summed E-state index contributed by atoms with van der Waals surface area (Å²) in [6, 6.07) is 0. The Labute approximate surface area is 88.6 Å². The highest BCUT2D eigenvalue weighted by atomic mass is 16.6. The Kier molecular flexibility index (Phi) is 1.91. The maximum Gasteiger partial charge on any atom is 0.311 e. The van der Waals surface area contributed by atoms with Crippen LogP contribution in [0.3, 0.4) is 0 Å². The molecule has 0 aromatic heterocycles. The Morgan fingerprint density at radius 2 is 2.07 bits per heavy atom. The fraction of sp³-hybridized carbons (Fsp3) is 0.818. The van der Waals surface area contributed by atoms with Gasteiger partial charge in [-0.05, 0) is 19.8 Å². The Balaban J connectivity index is 2.44. The van der Waals surface area contributed by atoms with E-state index in [1.165, 1.54) is 0 Å². The Morgan fingerprint density at radius 1 is 1.47 bits per heavy atom. The Hall–Kier alpha value is -1.06. The maximum atomic E-state index is 11.7. The molecule has 0 radical (unpaired) electrons. The zero-order valence-corrected chi connectivity index (χ0v) is 9.24. The molecule has 84 valence electrons. The van der Waals surface area contributed by atoms with Crippen molar-refractivity contribution in [3.05, 3.63) is 0 Å². The second-order valence-electron chi connectivity index (χ2n) is 5.33. The first kappa shape index (κ1) is 10.5. The second-order valence-corrected chi connectivity index (χ2v) is 5.33. The number of fused-ring (bicyclic) bond motifs is 2. The number of ether oxygens (including phenoxy) is 1. The molecule has 15 heavy (non-hydrogen) atoms. The van der Waals surface area contributed by atoms with Crippen molar-refractivity contribution in [1.82, 2.24) is 0 Å². The lowest BCUT2D eigenvalue weighted by Crippen LogP contribution is -2.49. The molecule has 4 heteroatoms. The lowest BCUT2D eigenvalue weighted by Gasteiger charge is -2.43. The van der Waals surface area contributed by atoms with E-state index in [0.29, 0.717) is 12.8 Å². The summed E-state index contributed by atoms with van der Waals surface area (Å²) in [6.07, 6.45) is 1.17. The first-order chi connectivity index (χ1) is 6.79. The summed E-state index contributed by atoms with van der Waals surface area (Å²) in [5.41, 5.74) is -0.869. The zero-order valence-electron chi connectivity index (χ0n) is 9.24. The van der Waals surface area contributed by atoms with Crippen LogP contribution in [0, 0.1) is 17.3 Å². The van der Waals surface area contributed by atoms with Gasteiger partial charge in [0.2, 0.25) is 0 Å². The first-order valence-electron chi connectivity index (χ1n) is 5.25. The predicted octanol–water partition coefficient (Wildman–Crippen LogP) is 1.44. The van der Waals surface area contributed by atoms with Crippen molar-refractivity contribution in [3.63, 3.8) is 0 Å². The van der Waals surface area contributed by atoms with Gasteiger partial charge in [0, 0.05) is 5.41 Å². The minimum Gasteiger partial charge on any atom is -0.481 e. The molecule has 1 aliphatic heterocycles. The van der Waals surface area contributed by atoms with Gasteiger partial charge >= 0.3 is 11.9 Å². The summed E-state index contributed by atoms with van der Waals surface area (Å²) < 4.78 is 5.37. The zero-order chi connectivity index (χ0) is 11.4. The van der Waals surface area contributed by atoms with Crippen molar-refractivity contribution >= 4 is 11.9 Å². The third-order valence-electron chi connectivity index (χ3n) is 4.37. The van der Waals surface area contributed by atoms with Crippen molar-refractivity contribution in [2.45, 2.75) is 39.2 Å². The van der Waals surface area contributed by atoms with Crippen LogP contribution in [0.25, 0.3) is 0 Å². The Bertz CT molecular complexity index is 333. The number of aliphatic carboxylic acids is 1. The van der Waals surface area contributed by atoms with Crippen LogP contribution in [0.5, 0.6) is 0 Å². The van der Waals surface area contributed by atoms with E-state index in [1.54, 1.807) is 0 Å². The van der Waals surface area contributed by atoms with Crippen LogP contribution in [0.4, 0.5) is 0 Å². The maximum absolute atomic E-state index is 11.7. The normalized spacial score (nSPS) is 42.5. The first-order valence-corrected chi connectivity index (χ1v) is 5.25. The number of hydrogen-bond acceptors (Lipinski definition) is 3. The fourth-order valence-electron chi connectivity index (χ4n) is 2.94. The molecule has 0 amide bonds. The topological polar surface area (TPSA) is 63.6 Å². The van der Waals surface area contributed by atoms with E-state index in [2.05, 4.69) is 0 Å². The highest BCUT2D eigenvalue weighted by Gasteiger charge is 2.65. The Morgan fingerprint density at radius 3 is 2.60 bits per heavy atom. The van der Waals surface area contributed by atoms with Gasteiger partial charge in [-0.3, -0.25) is 9.59 Å². The average Bonchev–Trinajstić information content (AvgIpc) is 2.22. The number of carboxylic acids is 1. The van der Waals surface area contributed by atoms with Crippen LogP contribution < -0.4 is 0 Å². The van der Waals surface area contributed by atoms with Crippen LogP contribution in [0.2, 0.25) is 0 Å². The van der Waals surface area contributed by atoms with Crippen LogP contribution in [0.1, 0.15) is 33.6 Å². The largest absolute Gasteiger partial charge is 0.481 e. The molecule has 3 atom stereocenters. The quantitative estimate of drug-likeness (QED) is 0.668. The number of rotatable bonds is 1. The molecule has 1 heterocycles. The van der Waals surface area contributed by atoms with E-state index in [1.807, 2.05) is 20.8 Å². The van der Waals surface area contributed by atoms with E-state index in [-0.39, 0.29) is 11.4 Å². The second kappa shape index (κ2) is 2.74. The van der Waals surface area contributed by atoms with Gasteiger partial charge in [-0.2, -0.15) is 0 Å². The molecule has 1 aliphatic carbocycles. The summed E-state index contributed by atoms with van der Waals surface area (Å²) in [4.78, 5) is 22.8. The molecule has 1 saturated heterocycles. The van der Waals surface area contributed by atoms with Gasteiger partial charge in [-0.25, -0.2) is 0 Å². The third-order valence-corrected chi connectivity index (χ3v) is 4.37. The van der Waals surface area contributed by atoms with E-state index >= 15 is 0 Å². The minimum atomic E-state index is -0.881. The molecular weight excluding hydrogens is 196 g/mol. The van der Waals surface area contributed by atoms with E-state index in [4.69, 9.17) is 9.84 Å².